The molecule has 4 nitrogen and oxygen atoms in total. The number of carbonyl (C=O) groups is 2. The fourth-order valence-electron chi connectivity index (χ4n) is 4.37. The van der Waals surface area contributed by atoms with Crippen LogP contribution in [0.4, 0.5) is 0 Å². The third-order valence-corrected chi connectivity index (χ3v) is 6.68. The predicted molar refractivity (Wildman–Crippen MR) is 153 cm³/mol. The molecule has 210 valence electrons. The Morgan fingerprint density at radius 2 is 1.11 bits per heavy atom. The van der Waals surface area contributed by atoms with Crippen molar-refractivity contribution < 1.29 is 19.4 Å². The number of carboxylic acid groups (broad SMARTS) is 1. The fourth-order valence-corrected chi connectivity index (χ4v) is 4.37. The molecule has 0 saturated carbocycles. The second kappa shape index (κ2) is 28.0. The third kappa shape index (κ3) is 27.0. The maximum Gasteiger partial charge on any atom is 0.306 e. The smallest absolute Gasteiger partial charge is 0.306 e. The van der Waals surface area contributed by atoms with Crippen molar-refractivity contribution in [1.29, 1.82) is 0 Å². The maximum absolute atomic E-state index is 12.4. The van der Waals surface area contributed by atoms with E-state index in [2.05, 4.69) is 38.2 Å². The predicted octanol–water partition coefficient (Wildman–Crippen LogP) is 10.1. The first kappa shape index (κ1) is 34.4. The van der Waals surface area contributed by atoms with Crippen LogP contribution in [0, 0.1) is 0 Å². The highest BCUT2D eigenvalue weighted by Gasteiger charge is 2.14. The van der Waals surface area contributed by atoms with Crippen LogP contribution in [0.1, 0.15) is 162 Å². The highest BCUT2D eigenvalue weighted by Crippen LogP contribution is 2.18. The van der Waals surface area contributed by atoms with Crippen LogP contribution < -0.4 is 0 Å². The first-order valence-electron chi connectivity index (χ1n) is 15.3. The molecule has 0 fully saturated rings. The Bertz CT molecular complexity index is 552. The van der Waals surface area contributed by atoms with Crippen LogP contribution in [0.25, 0.3) is 0 Å². The van der Waals surface area contributed by atoms with Crippen molar-refractivity contribution in [3.8, 4) is 0 Å². The van der Waals surface area contributed by atoms with Gasteiger partial charge in [-0.3, -0.25) is 9.59 Å². The molecule has 0 aromatic heterocycles. The lowest BCUT2D eigenvalue weighted by atomic mass is 10.0. The van der Waals surface area contributed by atoms with Gasteiger partial charge in [0.25, 0.3) is 0 Å². The fraction of sp³-hybridized carbons (Fsp3) is 0.812. The highest BCUT2D eigenvalue weighted by atomic mass is 16.5. The van der Waals surface area contributed by atoms with Crippen molar-refractivity contribution in [1.82, 2.24) is 0 Å². The van der Waals surface area contributed by atoms with Crippen molar-refractivity contribution in [2.75, 3.05) is 0 Å². The van der Waals surface area contributed by atoms with Gasteiger partial charge >= 0.3 is 11.9 Å². The van der Waals surface area contributed by atoms with Gasteiger partial charge in [-0.2, -0.15) is 0 Å². The van der Waals surface area contributed by atoms with Gasteiger partial charge in [-0.05, 0) is 64.2 Å². The molecule has 1 atom stereocenters. The number of hydrogen-bond donors (Lipinski definition) is 1. The molecule has 0 heterocycles. The Labute approximate surface area is 223 Å². The average Bonchev–Trinajstić information content (AvgIpc) is 2.85. The van der Waals surface area contributed by atoms with Gasteiger partial charge in [-0.15, -0.1) is 0 Å². The largest absolute Gasteiger partial charge is 0.481 e. The molecule has 0 bridgehead atoms. The van der Waals surface area contributed by atoms with E-state index >= 15 is 0 Å². The molecule has 0 rings (SSSR count). The van der Waals surface area contributed by atoms with E-state index in [4.69, 9.17) is 9.84 Å². The highest BCUT2D eigenvalue weighted by molar-refractivity contribution is 5.69. The zero-order valence-electron chi connectivity index (χ0n) is 23.8. The van der Waals surface area contributed by atoms with E-state index in [1.807, 2.05) is 0 Å². The normalized spacial score (nSPS) is 12.5. The molecule has 0 aromatic carbocycles. The number of hydrogen-bond acceptors (Lipinski definition) is 3. The van der Waals surface area contributed by atoms with E-state index in [9.17, 15) is 9.59 Å². The molecule has 0 aromatic rings. The zero-order chi connectivity index (χ0) is 26.5. The second-order valence-corrected chi connectivity index (χ2v) is 10.3. The van der Waals surface area contributed by atoms with E-state index in [1.54, 1.807) is 0 Å². The van der Waals surface area contributed by atoms with Gasteiger partial charge in [-0.1, -0.05) is 109 Å². The summed E-state index contributed by atoms with van der Waals surface area (Å²) >= 11 is 0. The van der Waals surface area contributed by atoms with Crippen molar-refractivity contribution in [3.63, 3.8) is 0 Å². The van der Waals surface area contributed by atoms with Gasteiger partial charge in [0.15, 0.2) is 0 Å². The molecule has 0 saturated heterocycles. The summed E-state index contributed by atoms with van der Waals surface area (Å²) in [7, 11) is 0. The van der Waals surface area contributed by atoms with E-state index in [0.29, 0.717) is 6.42 Å². The number of carboxylic acids is 1. The summed E-state index contributed by atoms with van der Waals surface area (Å²) < 4.78 is 5.87. The summed E-state index contributed by atoms with van der Waals surface area (Å²) in [6, 6.07) is 0. The molecule has 1 unspecified atom stereocenters. The van der Waals surface area contributed by atoms with Gasteiger partial charge in [0.05, 0.1) is 0 Å². The van der Waals surface area contributed by atoms with Crippen LogP contribution >= 0.6 is 0 Å². The third-order valence-electron chi connectivity index (χ3n) is 6.68. The Morgan fingerprint density at radius 3 is 1.72 bits per heavy atom. The van der Waals surface area contributed by atoms with Gasteiger partial charge in [-0.25, -0.2) is 0 Å². The van der Waals surface area contributed by atoms with Crippen LogP contribution in [0.2, 0.25) is 0 Å². The number of ether oxygens (including phenoxy) is 1. The molecule has 4 heteroatoms. The van der Waals surface area contributed by atoms with Crippen molar-refractivity contribution in [2.45, 2.75) is 168 Å². The number of carbonyl (C=O) groups excluding carboxylic acids is 1. The van der Waals surface area contributed by atoms with Crippen LogP contribution in [-0.2, 0) is 14.3 Å². The van der Waals surface area contributed by atoms with Gasteiger partial charge < -0.3 is 9.84 Å². The average molecular weight is 507 g/mol. The summed E-state index contributed by atoms with van der Waals surface area (Å²) in [5, 5.41) is 8.75. The Morgan fingerprint density at radius 1 is 0.611 bits per heavy atom. The molecule has 36 heavy (non-hydrogen) atoms. The monoisotopic (exact) mass is 506 g/mol. The Kier molecular flexibility index (Phi) is 26.8. The maximum atomic E-state index is 12.4. The van der Waals surface area contributed by atoms with Crippen molar-refractivity contribution >= 4 is 11.9 Å². The van der Waals surface area contributed by atoms with Crippen molar-refractivity contribution in [2.24, 2.45) is 0 Å². The van der Waals surface area contributed by atoms with Gasteiger partial charge in [0.1, 0.15) is 6.10 Å². The molecule has 1 N–H and O–H groups in total. The molecule has 0 aliphatic carbocycles. The Balaban J connectivity index is 3.92. The molecule has 0 radical (unpaired) electrons. The summed E-state index contributed by atoms with van der Waals surface area (Å²) in [5.41, 5.74) is 0. The molecule has 0 amide bonds. The number of rotatable bonds is 27. The van der Waals surface area contributed by atoms with Crippen LogP contribution in [-0.4, -0.2) is 23.1 Å². The summed E-state index contributed by atoms with van der Waals surface area (Å²) in [4.78, 5) is 23.1. The molecule has 0 spiro atoms. The standard InChI is InChI=1S/C32H58O4/c1-3-5-7-9-10-11-12-13-14-15-16-17-19-25-29-32(35)36-30(26-22-18-8-6-4-2)27-23-20-21-24-28-31(33)34/h9-10,12-13,30H,3-8,11,14-29H2,1-2H3,(H,33,34)/b10-9-,13-12-. The number of aliphatic carboxylic acids is 1. The quantitative estimate of drug-likeness (QED) is 0.0683. The summed E-state index contributed by atoms with van der Waals surface area (Å²) in [6.07, 6.45) is 33.3. The van der Waals surface area contributed by atoms with Crippen LogP contribution in [0.15, 0.2) is 24.3 Å². The van der Waals surface area contributed by atoms with Crippen LogP contribution in [0.5, 0.6) is 0 Å². The van der Waals surface area contributed by atoms with Gasteiger partial charge in [0.2, 0.25) is 0 Å². The summed E-state index contributed by atoms with van der Waals surface area (Å²) in [6.45, 7) is 4.45. The Hall–Kier alpha value is -1.58. The lowest BCUT2D eigenvalue weighted by Gasteiger charge is -2.18. The number of unbranched alkanes of at least 4 members (excludes halogenated alkanes) is 14. The van der Waals surface area contributed by atoms with Gasteiger partial charge in [0, 0.05) is 12.8 Å². The van der Waals surface area contributed by atoms with E-state index in [1.165, 1.54) is 64.2 Å². The van der Waals surface area contributed by atoms with Crippen molar-refractivity contribution in [3.05, 3.63) is 24.3 Å². The topological polar surface area (TPSA) is 63.6 Å². The lowest BCUT2D eigenvalue weighted by Crippen LogP contribution is -2.18. The SMILES string of the molecule is CCCC/C=C\C/C=C\CCCCCCCC(=O)OC(CCCCCCC)CCCCCCC(=O)O. The number of esters is 1. The second-order valence-electron chi connectivity index (χ2n) is 10.3. The van der Waals surface area contributed by atoms with E-state index < -0.39 is 5.97 Å². The van der Waals surface area contributed by atoms with Crippen LogP contribution in [0.3, 0.4) is 0 Å². The summed E-state index contributed by atoms with van der Waals surface area (Å²) in [5.74, 6) is -0.749. The first-order valence-corrected chi connectivity index (χ1v) is 15.3. The zero-order valence-corrected chi connectivity index (χ0v) is 23.8. The molecule has 0 aliphatic heterocycles. The van der Waals surface area contributed by atoms with E-state index in [-0.39, 0.29) is 18.5 Å². The minimum absolute atomic E-state index is 0.0330. The molecule has 0 aliphatic rings. The minimum Gasteiger partial charge on any atom is -0.481 e. The minimum atomic E-state index is -0.716. The molecular weight excluding hydrogens is 448 g/mol. The number of allylic oxidation sites excluding steroid dienone is 4. The molecular formula is C32H58O4. The van der Waals surface area contributed by atoms with E-state index in [0.717, 1.165) is 70.6 Å². The lowest BCUT2D eigenvalue weighted by molar-refractivity contribution is -0.150. The first-order chi connectivity index (χ1) is 17.6.